The summed E-state index contributed by atoms with van der Waals surface area (Å²) in [6, 6.07) is 23.4. The fraction of sp³-hybridized carbons (Fsp3) is 0.222. The van der Waals surface area contributed by atoms with Crippen LogP contribution in [0.25, 0.3) is 22.8 Å². The molecule has 5 heterocycles. The molecule has 0 N–H and O–H groups in total. The normalized spacial score (nSPS) is 15.8. The Balaban J connectivity index is 1.15. The number of para-hydroxylation sites is 2. The van der Waals surface area contributed by atoms with Gasteiger partial charge in [-0.05, 0) is 74.2 Å². The van der Waals surface area contributed by atoms with E-state index >= 15 is 0 Å². The number of rotatable bonds is 2. The number of benzene rings is 2. The third-order valence-corrected chi connectivity index (χ3v) is 9.59. The second-order valence-electron chi connectivity index (χ2n) is 11.1. The molecule has 0 spiro atoms. The van der Waals surface area contributed by atoms with Crippen molar-refractivity contribution in [2.45, 2.75) is 36.0 Å². The lowest BCUT2D eigenvalue weighted by Crippen LogP contribution is -2.05. The molecule has 0 saturated carbocycles. The minimum absolute atomic E-state index is 0.539. The third-order valence-electron chi connectivity index (χ3n) is 7.58. The zero-order chi connectivity index (χ0) is 33.8. The topological polar surface area (TPSA) is 130 Å². The van der Waals surface area contributed by atoms with E-state index in [1.165, 1.54) is 0 Å². The van der Waals surface area contributed by atoms with Gasteiger partial charge in [-0.15, -0.1) is 20.4 Å². The van der Waals surface area contributed by atoms with Crippen molar-refractivity contribution >= 4 is 36.0 Å². The van der Waals surface area contributed by atoms with Crippen LogP contribution in [-0.4, -0.2) is 76.9 Å². The molecule has 0 aliphatic carbocycles. The summed E-state index contributed by atoms with van der Waals surface area (Å²) in [5.74, 6) is 4.44. The first-order chi connectivity index (χ1) is 24.8. The van der Waals surface area contributed by atoms with Crippen molar-refractivity contribution < 1.29 is 9.47 Å². The molecule has 6 aromatic rings. The number of hydrogen-bond acceptors (Lipinski definition) is 12. The van der Waals surface area contributed by atoms with E-state index in [1.807, 2.05) is 72.8 Å². The van der Waals surface area contributed by atoms with Crippen molar-refractivity contribution in [3.63, 3.8) is 0 Å². The van der Waals surface area contributed by atoms with Crippen LogP contribution in [-0.2, 0) is 0 Å². The average molecular weight is 703 g/mol. The van der Waals surface area contributed by atoms with E-state index in [4.69, 9.17) is 19.7 Å². The van der Waals surface area contributed by atoms with E-state index in [1.54, 1.807) is 70.1 Å². The average Bonchev–Trinajstić information content (AvgIpc) is 3.77. The quantitative estimate of drug-likeness (QED) is 0.186. The van der Waals surface area contributed by atoms with Gasteiger partial charge < -0.3 is 9.47 Å². The number of aromatic nitrogens is 8. The molecule has 252 valence electrons. The second kappa shape index (κ2) is 16.9. The van der Waals surface area contributed by atoms with Crippen LogP contribution in [0.3, 0.4) is 0 Å². The van der Waals surface area contributed by atoms with Crippen LogP contribution in [0.15, 0.2) is 118 Å². The predicted molar refractivity (Wildman–Crippen MR) is 196 cm³/mol. The molecule has 14 heteroatoms. The number of fused-ring (bicyclic) bond motifs is 4. The molecule has 12 nitrogen and oxygen atoms in total. The number of hydrogen-bond donors (Lipinski definition) is 0. The maximum absolute atomic E-state index is 6.21. The lowest BCUT2D eigenvalue weighted by atomic mass is 10.2. The predicted octanol–water partition coefficient (Wildman–Crippen LogP) is 6.97. The lowest BCUT2D eigenvalue weighted by molar-refractivity contribution is 0.266. The fourth-order valence-corrected chi connectivity index (χ4v) is 6.82. The Kier molecular flexibility index (Phi) is 11.2. The first kappa shape index (κ1) is 33.2. The molecule has 0 radical (unpaired) electrons. The van der Waals surface area contributed by atoms with Crippen LogP contribution < -0.4 is 9.47 Å². The van der Waals surface area contributed by atoms with E-state index in [0.717, 1.165) is 70.9 Å². The van der Waals surface area contributed by atoms with Crippen molar-refractivity contribution in [3.05, 3.63) is 109 Å². The molecule has 0 bridgehead atoms. The molecule has 0 atom stereocenters. The van der Waals surface area contributed by atoms with Crippen molar-refractivity contribution in [3.8, 4) is 34.3 Å². The van der Waals surface area contributed by atoms with E-state index in [-0.39, 0.29) is 0 Å². The van der Waals surface area contributed by atoms with Gasteiger partial charge in [0.15, 0.2) is 11.6 Å². The summed E-state index contributed by atoms with van der Waals surface area (Å²) in [7, 11) is 0. The molecule has 1 aliphatic heterocycles. The van der Waals surface area contributed by atoms with Gasteiger partial charge in [-0.3, -0.25) is 9.97 Å². The Morgan fingerprint density at radius 3 is 1.46 bits per heavy atom. The molecule has 50 heavy (non-hydrogen) atoms. The monoisotopic (exact) mass is 702 g/mol. The van der Waals surface area contributed by atoms with Crippen molar-refractivity contribution in [1.82, 2.24) is 39.7 Å². The number of thioether (sulfide) groups is 2. The van der Waals surface area contributed by atoms with Crippen molar-refractivity contribution in [2.75, 3.05) is 24.7 Å². The minimum Gasteiger partial charge on any atom is -0.493 e. The van der Waals surface area contributed by atoms with Gasteiger partial charge in [0.05, 0.1) is 25.6 Å². The zero-order valence-corrected chi connectivity index (χ0v) is 28.8. The van der Waals surface area contributed by atoms with Crippen LogP contribution in [0, 0.1) is 0 Å². The molecule has 4 aromatic heterocycles. The van der Waals surface area contributed by atoms with E-state index < -0.39 is 0 Å². The van der Waals surface area contributed by atoms with E-state index in [0.29, 0.717) is 35.2 Å². The smallest absolute Gasteiger partial charge is 0.212 e. The van der Waals surface area contributed by atoms with E-state index in [2.05, 4.69) is 30.4 Å². The molecular formula is C36H34N10O2S2. The van der Waals surface area contributed by atoms with Gasteiger partial charge in [-0.25, -0.2) is 0 Å². The molecule has 2 aromatic carbocycles. The molecule has 0 unspecified atom stereocenters. The maximum atomic E-state index is 6.21. The Bertz CT molecular complexity index is 1900. The number of nitrogens with zero attached hydrogens (tertiary/aromatic N) is 10. The Labute approximate surface area is 298 Å². The van der Waals surface area contributed by atoms with Crippen LogP contribution in [0.2, 0.25) is 0 Å². The third kappa shape index (κ3) is 8.26. The van der Waals surface area contributed by atoms with Gasteiger partial charge >= 0.3 is 0 Å². The standard InChI is InChI=1S/C36H34N10O2S2/c1-3-15-31-27(11-1)25-39-45-33(29-13-9-17-37-23-29)41-43-35(45)49-21-7-8-22-50-36-44-42-34(30-14-10-18-38-24-30)46(36)40-26-28-12-2-4-16-32(28)48-20-6-5-19-47-31/h1-4,9-18,23-26H,5-8,19-22H2/b39-25-,40-26-. The Morgan fingerprint density at radius 2 is 1.00 bits per heavy atom. The highest BCUT2D eigenvalue weighted by molar-refractivity contribution is 7.99. The highest BCUT2D eigenvalue weighted by atomic mass is 32.2. The van der Waals surface area contributed by atoms with Gasteiger partial charge in [0, 0.05) is 58.5 Å². The van der Waals surface area contributed by atoms with Gasteiger partial charge in [-0.2, -0.15) is 19.6 Å². The maximum Gasteiger partial charge on any atom is 0.212 e. The van der Waals surface area contributed by atoms with Crippen molar-refractivity contribution in [1.29, 1.82) is 0 Å². The summed E-state index contributed by atoms with van der Waals surface area (Å²) in [6.07, 6.45) is 14.1. The molecule has 7 rings (SSSR count). The minimum atomic E-state index is 0.539. The highest BCUT2D eigenvalue weighted by Crippen LogP contribution is 2.28. The van der Waals surface area contributed by atoms with Gasteiger partial charge in [0.25, 0.3) is 0 Å². The Hall–Kier alpha value is -5.34. The summed E-state index contributed by atoms with van der Waals surface area (Å²) in [4.78, 5) is 8.55. The van der Waals surface area contributed by atoms with Crippen molar-refractivity contribution in [2.24, 2.45) is 10.2 Å². The summed E-state index contributed by atoms with van der Waals surface area (Å²) < 4.78 is 16.0. The molecule has 1 aliphatic rings. The first-order valence-electron chi connectivity index (χ1n) is 16.3. The molecule has 0 saturated heterocycles. The van der Waals surface area contributed by atoms with Gasteiger partial charge in [-0.1, -0.05) is 47.8 Å². The second-order valence-corrected chi connectivity index (χ2v) is 13.2. The highest BCUT2D eigenvalue weighted by Gasteiger charge is 2.16. The molecule has 0 fully saturated rings. The van der Waals surface area contributed by atoms with Gasteiger partial charge in [0.1, 0.15) is 11.5 Å². The summed E-state index contributed by atoms with van der Waals surface area (Å²) >= 11 is 3.24. The van der Waals surface area contributed by atoms with E-state index in [9.17, 15) is 0 Å². The number of ether oxygens (including phenoxy) is 2. The summed E-state index contributed by atoms with van der Waals surface area (Å²) in [6.45, 7) is 1.08. The van der Waals surface area contributed by atoms with Crippen LogP contribution in [0.4, 0.5) is 0 Å². The van der Waals surface area contributed by atoms with Crippen LogP contribution in [0.5, 0.6) is 11.5 Å². The van der Waals surface area contributed by atoms with Crippen LogP contribution in [0.1, 0.15) is 36.8 Å². The molecular weight excluding hydrogens is 669 g/mol. The lowest BCUT2D eigenvalue weighted by Gasteiger charge is -2.11. The number of pyridine rings is 2. The summed E-state index contributed by atoms with van der Waals surface area (Å²) in [5, 5.41) is 29.1. The first-order valence-corrected chi connectivity index (χ1v) is 18.3. The zero-order valence-electron chi connectivity index (χ0n) is 27.2. The molecule has 0 amide bonds. The SMILES string of the molecule is C1=N\n2c(nnc2-c2cccnc2)SCCCCSc2nnc(-c3cccnc3)n2/N=C\c2ccccc2OCCCCOc2ccccc2/1. The van der Waals surface area contributed by atoms with Gasteiger partial charge in [0.2, 0.25) is 10.3 Å². The Morgan fingerprint density at radius 1 is 0.520 bits per heavy atom. The summed E-state index contributed by atoms with van der Waals surface area (Å²) in [5.41, 5.74) is 3.40. The van der Waals surface area contributed by atoms with Crippen LogP contribution >= 0.6 is 23.5 Å². The largest absolute Gasteiger partial charge is 0.493 e. The fourth-order valence-electron chi connectivity index (χ4n) is 5.05.